The molecule has 1 N–H and O–H groups in total. The first-order valence-electron chi connectivity index (χ1n) is 11.4. The number of rotatable bonds is 6. The number of nitrogens with zero attached hydrogens (tertiary/aromatic N) is 6. The molecule has 3 aromatic heterocycles. The highest BCUT2D eigenvalue weighted by Crippen LogP contribution is 2.30. The van der Waals surface area contributed by atoms with Crippen LogP contribution in [0.5, 0.6) is 0 Å². The summed E-state index contributed by atoms with van der Waals surface area (Å²) in [6.07, 6.45) is 5.96. The SMILES string of the molecule is Cc1cc(C)c(/C=C/S(=O)(=O)Nc2cnc3c(-c4nnc(-c5ccccc5)s4)c(=O)n(C#N)n3c2)c(C)c1. The summed E-state index contributed by atoms with van der Waals surface area (Å²) in [5.74, 6) is 0. The number of benzene rings is 2. The van der Waals surface area contributed by atoms with Gasteiger partial charge in [0.25, 0.3) is 15.6 Å². The van der Waals surface area contributed by atoms with Crippen LogP contribution < -0.4 is 10.3 Å². The van der Waals surface area contributed by atoms with E-state index in [0.29, 0.717) is 10.0 Å². The summed E-state index contributed by atoms with van der Waals surface area (Å²) in [7, 11) is -3.92. The number of hydrogen-bond acceptors (Lipinski definition) is 8. The normalized spacial score (nSPS) is 11.7. The van der Waals surface area contributed by atoms with Crippen LogP contribution in [0.25, 0.3) is 32.9 Å². The summed E-state index contributed by atoms with van der Waals surface area (Å²) >= 11 is 1.19. The van der Waals surface area contributed by atoms with Gasteiger partial charge in [-0.25, -0.2) is 17.9 Å². The van der Waals surface area contributed by atoms with Crippen molar-refractivity contribution in [3.8, 4) is 27.3 Å². The van der Waals surface area contributed by atoms with E-state index >= 15 is 0 Å². The van der Waals surface area contributed by atoms with Gasteiger partial charge in [0.05, 0.1) is 23.5 Å². The number of aromatic nitrogens is 5. The Balaban J connectivity index is 1.50. The smallest absolute Gasteiger partial charge is 0.277 e. The van der Waals surface area contributed by atoms with Crippen LogP contribution >= 0.6 is 11.3 Å². The molecule has 0 fully saturated rings. The summed E-state index contributed by atoms with van der Waals surface area (Å²) in [5.41, 5.74) is 4.36. The van der Waals surface area contributed by atoms with Gasteiger partial charge in [-0.2, -0.15) is 5.26 Å². The molecule has 5 rings (SSSR count). The highest BCUT2D eigenvalue weighted by molar-refractivity contribution is 7.95. The molecule has 0 atom stereocenters. The molecule has 12 heteroatoms. The Morgan fingerprint density at radius 3 is 2.42 bits per heavy atom. The Hall–Kier alpha value is -4.60. The molecule has 0 unspecified atom stereocenters. The molecule has 2 aromatic carbocycles. The molecule has 0 saturated carbocycles. The summed E-state index contributed by atoms with van der Waals surface area (Å²) in [6, 6.07) is 13.3. The van der Waals surface area contributed by atoms with Crippen molar-refractivity contribution < 1.29 is 8.42 Å². The van der Waals surface area contributed by atoms with E-state index in [1.54, 1.807) is 0 Å². The first-order chi connectivity index (χ1) is 18.2. The first kappa shape index (κ1) is 25.1. The highest BCUT2D eigenvalue weighted by atomic mass is 32.2. The largest absolute Gasteiger partial charge is 0.293 e. The lowest BCUT2D eigenvalue weighted by atomic mass is 10.0. The molecule has 0 saturated heterocycles. The quantitative estimate of drug-likeness (QED) is 0.336. The molecule has 0 aliphatic heterocycles. The summed E-state index contributed by atoms with van der Waals surface area (Å²) < 4.78 is 30.0. The average molecular weight is 544 g/mol. The van der Waals surface area contributed by atoms with Crippen molar-refractivity contribution in [2.75, 3.05) is 4.72 Å². The van der Waals surface area contributed by atoms with E-state index < -0.39 is 15.6 Å². The van der Waals surface area contributed by atoms with Gasteiger partial charge in [0.1, 0.15) is 10.6 Å². The maximum absolute atomic E-state index is 13.1. The Bertz CT molecular complexity index is 1910. The van der Waals surface area contributed by atoms with E-state index in [0.717, 1.165) is 37.9 Å². The molecule has 38 heavy (non-hydrogen) atoms. The summed E-state index contributed by atoms with van der Waals surface area (Å²) in [5, 5.41) is 20.0. The molecule has 0 bridgehead atoms. The van der Waals surface area contributed by atoms with Crippen molar-refractivity contribution in [1.82, 2.24) is 24.4 Å². The maximum atomic E-state index is 13.1. The average Bonchev–Trinajstić information content (AvgIpc) is 3.45. The number of sulfonamides is 1. The van der Waals surface area contributed by atoms with Crippen LogP contribution in [-0.2, 0) is 10.0 Å². The summed E-state index contributed by atoms with van der Waals surface area (Å²) in [4.78, 5) is 17.4. The Morgan fingerprint density at radius 1 is 1.05 bits per heavy atom. The van der Waals surface area contributed by atoms with Gasteiger partial charge in [-0.1, -0.05) is 59.4 Å². The van der Waals surface area contributed by atoms with Gasteiger partial charge in [0.15, 0.2) is 10.7 Å². The zero-order valence-corrected chi connectivity index (χ0v) is 22.2. The van der Waals surface area contributed by atoms with Crippen LogP contribution in [0.4, 0.5) is 5.69 Å². The van der Waals surface area contributed by atoms with Gasteiger partial charge in [0.2, 0.25) is 6.19 Å². The van der Waals surface area contributed by atoms with Crippen LogP contribution in [0, 0.1) is 32.2 Å². The minimum Gasteiger partial charge on any atom is -0.277 e. The van der Waals surface area contributed by atoms with Crippen molar-refractivity contribution in [3.63, 3.8) is 0 Å². The number of anilines is 1. The molecule has 0 spiro atoms. The van der Waals surface area contributed by atoms with Crippen LogP contribution in [0.1, 0.15) is 22.3 Å². The van der Waals surface area contributed by atoms with Gasteiger partial charge in [-0.05, 0) is 43.5 Å². The molecule has 0 aliphatic rings. The van der Waals surface area contributed by atoms with Gasteiger partial charge in [0, 0.05) is 5.56 Å². The van der Waals surface area contributed by atoms with E-state index in [9.17, 15) is 18.5 Å². The third kappa shape index (κ3) is 4.72. The van der Waals surface area contributed by atoms with Gasteiger partial charge in [-0.3, -0.25) is 9.52 Å². The second kappa shape index (κ2) is 9.70. The Labute approximate surface area is 222 Å². The number of aryl methyl sites for hydroxylation is 3. The van der Waals surface area contributed by atoms with Crippen LogP contribution in [-0.4, -0.2) is 32.8 Å². The predicted octanol–water partition coefficient (Wildman–Crippen LogP) is 4.35. The zero-order valence-electron chi connectivity index (χ0n) is 20.6. The molecule has 0 radical (unpaired) electrons. The lowest BCUT2D eigenvalue weighted by molar-refractivity contribution is 0.609. The third-order valence-electron chi connectivity index (χ3n) is 5.82. The number of fused-ring (bicyclic) bond motifs is 1. The number of hydrogen-bond donors (Lipinski definition) is 1. The minimum atomic E-state index is -3.92. The lowest BCUT2D eigenvalue weighted by Crippen LogP contribution is -2.16. The van der Waals surface area contributed by atoms with E-state index in [4.69, 9.17) is 0 Å². The van der Waals surface area contributed by atoms with Crippen molar-refractivity contribution in [2.24, 2.45) is 0 Å². The molecule has 10 nitrogen and oxygen atoms in total. The summed E-state index contributed by atoms with van der Waals surface area (Å²) in [6.45, 7) is 5.82. The topological polar surface area (TPSA) is 135 Å². The standard InChI is InChI=1S/C26H21N7O3S2/c1-16-11-17(2)21(18(3)12-16)9-10-38(35,36)31-20-13-28-23-22(26(34)33(15-27)32(23)14-20)25-30-29-24(37-25)19-7-5-4-6-8-19/h4-14,31H,1-3H3/b10-9+. The van der Waals surface area contributed by atoms with Crippen molar-refractivity contribution >= 4 is 38.8 Å². The second-order valence-electron chi connectivity index (χ2n) is 8.64. The van der Waals surface area contributed by atoms with Crippen LogP contribution in [0.15, 0.2) is 65.1 Å². The van der Waals surface area contributed by atoms with Crippen molar-refractivity contribution in [2.45, 2.75) is 20.8 Å². The lowest BCUT2D eigenvalue weighted by Gasteiger charge is -2.08. The van der Waals surface area contributed by atoms with E-state index in [1.807, 2.05) is 69.4 Å². The molecule has 0 amide bonds. The molecular weight excluding hydrogens is 522 g/mol. The fraction of sp³-hybridized carbons (Fsp3) is 0.115. The van der Waals surface area contributed by atoms with Crippen molar-refractivity contribution in [3.05, 3.63) is 92.9 Å². The van der Waals surface area contributed by atoms with Gasteiger partial charge in [-0.15, -0.1) is 14.9 Å². The maximum Gasteiger partial charge on any atom is 0.293 e. The fourth-order valence-corrected chi connectivity index (χ4v) is 5.91. The molecule has 3 heterocycles. The molecule has 190 valence electrons. The Morgan fingerprint density at radius 2 is 1.74 bits per heavy atom. The number of nitrogens with one attached hydrogen (secondary N) is 1. The van der Waals surface area contributed by atoms with Crippen LogP contribution in [0.3, 0.4) is 0 Å². The minimum absolute atomic E-state index is 0.0762. The van der Waals surface area contributed by atoms with E-state index in [-0.39, 0.29) is 16.9 Å². The molecular formula is C26H21N7O3S2. The number of nitriles is 1. The second-order valence-corrected chi connectivity index (χ2v) is 11.2. The monoisotopic (exact) mass is 543 g/mol. The van der Waals surface area contributed by atoms with E-state index in [1.165, 1.54) is 34.3 Å². The fourth-order valence-electron chi connectivity index (χ4n) is 4.21. The first-order valence-corrected chi connectivity index (χ1v) is 13.7. The van der Waals surface area contributed by atoms with Crippen molar-refractivity contribution in [1.29, 1.82) is 5.26 Å². The third-order valence-corrected chi connectivity index (χ3v) is 7.82. The molecule has 0 aliphatic carbocycles. The predicted molar refractivity (Wildman–Crippen MR) is 147 cm³/mol. The molecule has 5 aromatic rings. The van der Waals surface area contributed by atoms with Gasteiger partial charge >= 0.3 is 0 Å². The van der Waals surface area contributed by atoms with E-state index in [2.05, 4.69) is 19.9 Å². The zero-order chi connectivity index (χ0) is 27.0. The van der Waals surface area contributed by atoms with Crippen LogP contribution in [0.2, 0.25) is 0 Å². The Kier molecular flexibility index (Phi) is 6.40. The van der Waals surface area contributed by atoms with Gasteiger partial charge < -0.3 is 0 Å². The highest BCUT2D eigenvalue weighted by Gasteiger charge is 2.22.